The van der Waals surface area contributed by atoms with Crippen LogP contribution in [0.5, 0.6) is 0 Å². The minimum absolute atomic E-state index is 0.246. The lowest BCUT2D eigenvalue weighted by Gasteiger charge is -2.21. The van der Waals surface area contributed by atoms with E-state index >= 15 is 0 Å². The first kappa shape index (κ1) is 18.9. The summed E-state index contributed by atoms with van der Waals surface area (Å²) in [5.41, 5.74) is 0.914. The number of amides is 1. The Bertz CT molecular complexity index is 904. The summed E-state index contributed by atoms with van der Waals surface area (Å²) in [5, 5.41) is 9.29. The lowest BCUT2D eigenvalue weighted by molar-refractivity contribution is -0.145. The molecule has 1 aliphatic heterocycles. The molecule has 0 aliphatic carbocycles. The van der Waals surface area contributed by atoms with Gasteiger partial charge in [0, 0.05) is 16.1 Å². The number of aliphatic carboxylic acids is 1. The second-order valence-corrected chi connectivity index (χ2v) is 8.11. The molecule has 1 amide bonds. The van der Waals surface area contributed by atoms with Gasteiger partial charge in [-0.15, -0.1) is 0 Å². The Hall–Kier alpha value is -1.90. The molecule has 134 valence electrons. The molecule has 1 aromatic carbocycles. The topological polar surface area (TPSA) is 70.8 Å². The number of hydrogen-bond donors (Lipinski definition) is 1. The van der Waals surface area contributed by atoms with Crippen LogP contribution in [0.2, 0.25) is 0 Å². The highest BCUT2D eigenvalue weighted by Crippen LogP contribution is 2.35. The minimum Gasteiger partial charge on any atom is -0.480 e. The van der Waals surface area contributed by atoms with Crippen LogP contribution >= 0.6 is 39.9 Å². The SMILES string of the molecule is CC[C@H](C(=O)O)N1C(=O)/C(=C\c2ccc(-c3ccc(Br)cc3)o2)SC1=S. The standard InChI is InChI=1S/C18H14BrNO4S2/c1-2-13(17(22)23)20-16(21)15(26-18(20)25)9-12-7-8-14(24-12)10-3-5-11(19)6-4-10/h3-9,13H,2H2,1H3,(H,22,23)/b15-9+/t13-/m1/s1. The predicted molar refractivity (Wildman–Crippen MR) is 109 cm³/mol. The Kier molecular flexibility index (Phi) is 5.64. The molecule has 0 bridgehead atoms. The van der Waals surface area contributed by atoms with Crippen molar-refractivity contribution >= 4 is 62.2 Å². The van der Waals surface area contributed by atoms with Gasteiger partial charge < -0.3 is 9.52 Å². The molecule has 8 heteroatoms. The van der Waals surface area contributed by atoms with E-state index < -0.39 is 17.9 Å². The van der Waals surface area contributed by atoms with E-state index in [2.05, 4.69) is 15.9 Å². The van der Waals surface area contributed by atoms with E-state index in [-0.39, 0.29) is 10.7 Å². The molecule has 1 aliphatic rings. The van der Waals surface area contributed by atoms with Gasteiger partial charge in [0.15, 0.2) is 0 Å². The van der Waals surface area contributed by atoms with Crippen LogP contribution in [-0.4, -0.2) is 32.2 Å². The van der Waals surface area contributed by atoms with Gasteiger partial charge in [-0.3, -0.25) is 9.69 Å². The van der Waals surface area contributed by atoms with Crippen LogP contribution in [-0.2, 0) is 9.59 Å². The van der Waals surface area contributed by atoms with Gasteiger partial charge >= 0.3 is 5.97 Å². The molecule has 1 aromatic heterocycles. The summed E-state index contributed by atoms with van der Waals surface area (Å²) < 4.78 is 7.01. The average Bonchev–Trinajstić information content (AvgIpc) is 3.16. The van der Waals surface area contributed by atoms with Gasteiger partial charge in [0.1, 0.15) is 21.9 Å². The first-order valence-corrected chi connectivity index (χ1v) is 9.78. The van der Waals surface area contributed by atoms with Gasteiger partial charge in [-0.2, -0.15) is 0 Å². The normalized spacial score (nSPS) is 17.2. The summed E-state index contributed by atoms with van der Waals surface area (Å²) in [5.74, 6) is -0.292. The fourth-order valence-electron chi connectivity index (χ4n) is 2.55. The minimum atomic E-state index is -1.07. The van der Waals surface area contributed by atoms with Crippen LogP contribution < -0.4 is 0 Å². The second-order valence-electron chi connectivity index (χ2n) is 5.52. The summed E-state index contributed by atoms with van der Waals surface area (Å²) in [6, 6.07) is 10.3. The van der Waals surface area contributed by atoms with Gasteiger partial charge in [-0.1, -0.05) is 59.0 Å². The smallest absolute Gasteiger partial charge is 0.326 e. The molecule has 26 heavy (non-hydrogen) atoms. The second kappa shape index (κ2) is 7.77. The predicted octanol–water partition coefficient (Wildman–Crippen LogP) is 4.77. The van der Waals surface area contributed by atoms with Crippen LogP contribution in [0.1, 0.15) is 19.1 Å². The van der Waals surface area contributed by atoms with E-state index in [9.17, 15) is 14.7 Å². The van der Waals surface area contributed by atoms with Crippen molar-refractivity contribution in [3.05, 3.63) is 51.5 Å². The number of halogens is 1. The maximum absolute atomic E-state index is 12.6. The summed E-state index contributed by atoms with van der Waals surface area (Å²) in [4.78, 5) is 25.4. The van der Waals surface area contributed by atoms with Crippen LogP contribution in [0.25, 0.3) is 17.4 Å². The molecule has 1 atom stereocenters. The third-order valence-corrected chi connectivity index (χ3v) is 5.69. The van der Waals surface area contributed by atoms with Crippen molar-refractivity contribution in [1.29, 1.82) is 0 Å². The number of thiocarbonyl (C=S) groups is 1. The number of carbonyl (C=O) groups excluding carboxylic acids is 1. The van der Waals surface area contributed by atoms with Crippen molar-refractivity contribution in [3.8, 4) is 11.3 Å². The molecule has 3 rings (SSSR count). The lowest BCUT2D eigenvalue weighted by Crippen LogP contribution is -2.43. The Labute approximate surface area is 168 Å². The van der Waals surface area contributed by atoms with Crippen molar-refractivity contribution in [2.45, 2.75) is 19.4 Å². The molecule has 1 N–H and O–H groups in total. The number of carbonyl (C=O) groups is 2. The average molecular weight is 452 g/mol. The first-order valence-electron chi connectivity index (χ1n) is 7.76. The number of hydrogen-bond acceptors (Lipinski definition) is 5. The van der Waals surface area contributed by atoms with Crippen LogP contribution in [0.15, 0.2) is 50.2 Å². The van der Waals surface area contributed by atoms with Crippen LogP contribution in [0.3, 0.4) is 0 Å². The summed E-state index contributed by atoms with van der Waals surface area (Å²) >= 11 is 9.67. The monoisotopic (exact) mass is 451 g/mol. The number of thioether (sulfide) groups is 1. The van der Waals surface area contributed by atoms with Crippen molar-refractivity contribution in [1.82, 2.24) is 4.90 Å². The molecule has 2 heterocycles. The number of carboxylic acid groups (broad SMARTS) is 1. The highest BCUT2D eigenvalue weighted by atomic mass is 79.9. The van der Waals surface area contributed by atoms with E-state index in [1.165, 1.54) is 0 Å². The number of rotatable bonds is 5. The lowest BCUT2D eigenvalue weighted by atomic mass is 10.2. The van der Waals surface area contributed by atoms with Crippen LogP contribution in [0.4, 0.5) is 0 Å². The Morgan fingerprint density at radius 1 is 1.35 bits per heavy atom. The zero-order valence-electron chi connectivity index (χ0n) is 13.6. The van der Waals surface area contributed by atoms with E-state index in [0.29, 0.717) is 16.4 Å². The number of nitrogens with zero attached hydrogens (tertiary/aromatic N) is 1. The summed E-state index contributed by atoms with van der Waals surface area (Å²) in [6.45, 7) is 1.71. The highest BCUT2D eigenvalue weighted by Gasteiger charge is 2.39. The molecule has 1 saturated heterocycles. The molecule has 1 fully saturated rings. The maximum atomic E-state index is 12.6. The van der Waals surface area contributed by atoms with Gasteiger partial charge in [0.2, 0.25) is 0 Å². The van der Waals surface area contributed by atoms with Crippen molar-refractivity contribution in [2.24, 2.45) is 0 Å². The van der Waals surface area contributed by atoms with Crippen molar-refractivity contribution < 1.29 is 19.1 Å². The summed E-state index contributed by atoms with van der Waals surface area (Å²) in [7, 11) is 0. The highest BCUT2D eigenvalue weighted by molar-refractivity contribution is 9.10. The Morgan fingerprint density at radius 3 is 2.65 bits per heavy atom. The molecule has 2 aromatic rings. The van der Waals surface area contributed by atoms with E-state index in [0.717, 1.165) is 26.7 Å². The molecular weight excluding hydrogens is 438 g/mol. The Morgan fingerprint density at radius 2 is 2.04 bits per heavy atom. The van der Waals surface area contributed by atoms with Crippen molar-refractivity contribution in [2.75, 3.05) is 0 Å². The van der Waals surface area contributed by atoms with E-state index in [1.807, 2.05) is 30.3 Å². The fraction of sp³-hybridized carbons (Fsp3) is 0.167. The first-order chi connectivity index (χ1) is 12.4. The molecular formula is C18H14BrNO4S2. The quantitative estimate of drug-likeness (QED) is 0.521. The fourth-order valence-corrected chi connectivity index (χ4v) is 4.15. The van der Waals surface area contributed by atoms with Gasteiger partial charge in [0.05, 0.1) is 4.91 Å². The Balaban J connectivity index is 1.85. The third kappa shape index (κ3) is 3.77. The van der Waals surface area contributed by atoms with Gasteiger partial charge in [-0.25, -0.2) is 4.79 Å². The zero-order valence-corrected chi connectivity index (χ0v) is 16.9. The molecule has 5 nitrogen and oxygen atoms in total. The van der Waals surface area contributed by atoms with Crippen molar-refractivity contribution in [3.63, 3.8) is 0 Å². The molecule has 0 unspecified atom stereocenters. The molecule has 0 saturated carbocycles. The van der Waals surface area contributed by atoms with Gasteiger partial charge in [-0.05, 0) is 30.7 Å². The third-order valence-electron chi connectivity index (χ3n) is 3.84. The maximum Gasteiger partial charge on any atom is 0.326 e. The number of benzene rings is 1. The van der Waals surface area contributed by atoms with E-state index in [1.54, 1.807) is 19.1 Å². The zero-order chi connectivity index (χ0) is 18.8. The largest absolute Gasteiger partial charge is 0.480 e. The molecule has 0 radical (unpaired) electrons. The summed E-state index contributed by atoms with van der Waals surface area (Å²) in [6.07, 6.45) is 1.87. The van der Waals surface area contributed by atoms with Gasteiger partial charge in [0.25, 0.3) is 5.91 Å². The number of carboxylic acids is 1. The molecule has 0 spiro atoms. The van der Waals surface area contributed by atoms with Crippen LogP contribution in [0, 0.1) is 0 Å². The van der Waals surface area contributed by atoms with E-state index in [4.69, 9.17) is 16.6 Å². The number of furan rings is 1.